The quantitative estimate of drug-likeness (QED) is 0.791. The van der Waals surface area contributed by atoms with Crippen LogP contribution in [0.1, 0.15) is 13.8 Å². The van der Waals surface area contributed by atoms with Gasteiger partial charge in [-0.25, -0.2) is 0 Å². The largest absolute Gasteiger partial charge is 0.373 e. The van der Waals surface area contributed by atoms with Gasteiger partial charge >= 0.3 is 0 Å². The van der Waals surface area contributed by atoms with Crippen molar-refractivity contribution in [3.63, 3.8) is 0 Å². The zero-order valence-electron chi connectivity index (χ0n) is 9.27. The monoisotopic (exact) mass is 192 g/mol. The SMILES string of the molecule is CC(C)[C@@H](N)CN(C)c1ccccc1. The molecule has 0 aliphatic carbocycles. The van der Waals surface area contributed by atoms with Crippen molar-refractivity contribution in [2.75, 3.05) is 18.5 Å². The van der Waals surface area contributed by atoms with Crippen LogP contribution in [0, 0.1) is 5.92 Å². The first-order valence-electron chi connectivity index (χ1n) is 5.13. The molecule has 1 rings (SSSR count). The van der Waals surface area contributed by atoms with E-state index in [1.807, 2.05) is 18.2 Å². The van der Waals surface area contributed by atoms with E-state index in [4.69, 9.17) is 5.73 Å². The zero-order valence-corrected chi connectivity index (χ0v) is 9.27. The second-order valence-electron chi connectivity index (χ2n) is 4.12. The molecular weight excluding hydrogens is 172 g/mol. The van der Waals surface area contributed by atoms with Crippen LogP contribution in [-0.4, -0.2) is 19.6 Å². The number of anilines is 1. The Morgan fingerprint density at radius 3 is 2.29 bits per heavy atom. The number of hydrogen-bond acceptors (Lipinski definition) is 2. The molecule has 1 aromatic rings. The number of rotatable bonds is 4. The first-order valence-corrected chi connectivity index (χ1v) is 5.13. The summed E-state index contributed by atoms with van der Waals surface area (Å²) in [6, 6.07) is 10.6. The van der Waals surface area contributed by atoms with Gasteiger partial charge in [-0.3, -0.25) is 0 Å². The van der Waals surface area contributed by atoms with Crippen molar-refractivity contribution in [2.24, 2.45) is 11.7 Å². The number of nitrogens with two attached hydrogens (primary N) is 1. The Kier molecular flexibility index (Phi) is 3.96. The Bertz CT molecular complexity index is 256. The van der Waals surface area contributed by atoms with Gasteiger partial charge in [0.1, 0.15) is 0 Å². The van der Waals surface area contributed by atoms with E-state index < -0.39 is 0 Å². The number of para-hydroxylation sites is 1. The normalized spacial score (nSPS) is 12.9. The number of hydrogen-bond donors (Lipinski definition) is 1. The van der Waals surface area contributed by atoms with E-state index in [9.17, 15) is 0 Å². The van der Waals surface area contributed by atoms with Gasteiger partial charge in [0.05, 0.1) is 0 Å². The minimum atomic E-state index is 0.236. The van der Waals surface area contributed by atoms with Crippen LogP contribution in [-0.2, 0) is 0 Å². The lowest BCUT2D eigenvalue weighted by Crippen LogP contribution is -2.38. The number of benzene rings is 1. The molecule has 1 aromatic carbocycles. The van der Waals surface area contributed by atoms with Crippen LogP contribution in [0.15, 0.2) is 30.3 Å². The van der Waals surface area contributed by atoms with Crippen molar-refractivity contribution in [1.82, 2.24) is 0 Å². The molecule has 14 heavy (non-hydrogen) atoms. The third-order valence-electron chi connectivity index (χ3n) is 2.54. The minimum absolute atomic E-state index is 0.236. The summed E-state index contributed by atoms with van der Waals surface area (Å²) in [6.07, 6.45) is 0. The Hall–Kier alpha value is -1.02. The smallest absolute Gasteiger partial charge is 0.0364 e. The highest BCUT2D eigenvalue weighted by Crippen LogP contribution is 2.12. The molecule has 0 bridgehead atoms. The molecule has 1 atom stereocenters. The van der Waals surface area contributed by atoms with Crippen molar-refractivity contribution in [2.45, 2.75) is 19.9 Å². The van der Waals surface area contributed by atoms with Crippen LogP contribution in [0.25, 0.3) is 0 Å². The topological polar surface area (TPSA) is 29.3 Å². The molecule has 78 valence electrons. The van der Waals surface area contributed by atoms with E-state index in [2.05, 4.69) is 37.9 Å². The van der Waals surface area contributed by atoms with Gasteiger partial charge < -0.3 is 10.6 Å². The molecule has 0 aliphatic rings. The van der Waals surface area contributed by atoms with E-state index in [-0.39, 0.29) is 6.04 Å². The number of nitrogens with zero attached hydrogens (tertiary/aromatic N) is 1. The fraction of sp³-hybridized carbons (Fsp3) is 0.500. The average Bonchev–Trinajstić information content (AvgIpc) is 2.19. The molecule has 0 aliphatic heterocycles. The van der Waals surface area contributed by atoms with Crippen LogP contribution >= 0.6 is 0 Å². The predicted molar refractivity (Wildman–Crippen MR) is 62.5 cm³/mol. The lowest BCUT2D eigenvalue weighted by Gasteiger charge is -2.25. The van der Waals surface area contributed by atoms with E-state index in [1.54, 1.807) is 0 Å². The maximum Gasteiger partial charge on any atom is 0.0364 e. The van der Waals surface area contributed by atoms with Crippen molar-refractivity contribution in [1.29, 1.82) is 0 Å². The van der Waals surface area contributed by atoms with E-state index >= 15 is 0 Å². The highest BCUT2D eigenvalue weighted by atomic mass is 15.1. The third kappa shape index (κ3) is 3.04. The van der Waals surface area contributed by atoms with Gasteiger partial charge in [-0.05, 0) is 18.1 Å². The van der Waals surface area contributed by atoms with Crippen molar-refractivity contribution >= 4 is 5.69 Å². The molecule has 0 saturated heterocycles. The standard InChI is InChI=1S/C12H20N2/c1-10(2)12(13)9-14(3)11-7-5-4-6-8-11/h4-8,10,12H,9,13H2,1-3H3/t12-/m0/s1. The molecule has 2 N–H and O–H groups in total. The van der Waals surface area contributed by atoms with Gasteiger partial charge in [-0.1, -0.05) is 32.0 Å². The summed E-state index contributed by atoms with van der Waals surface area (Å²) in [6.45, 7) is 5.22. The molecule has 0 aromatic heterocycles. The molecule has 2 heteroatoms. The van der Waals surface area contributed by atoms with Crippen LogP contribution in [0.5, 0.6) is 0 Å². The van der Waals surface area contributed by atoms with Crippen LogP contribution in [0.4, 0.5) is 5.69 Å². The lowest BCUT2D eigenvalue weighted by atomic mass is 10.1. The first-order chi connectivity index (χ1) is 6.61. The third-order valence-corrected chi connectivity index (χ3v) is 2.54. The van der Waals surface area contributed by atoms with Gasteiger partial charge in [-0.15, -0.1) is 0 Å². The van der Waals surface area contributed by atoms with E-state index in [1.165, 1.54) is 5.69 Å². The Balaban J connectivity index is 2.55. The maximum absolute atomic E-state index is 6.01. The fourth-order valence-corrected chi connectivity index (χ4v) is 1.31. The number of likely N-dealkylation sites (N-methyl/N-ethyl adjacent to an activating group) is 1. The summed E-state index contributed by atoms with van der Waals surface area (Å²) in [7, 11) is 2.08. The van der Waals surface area contributed by atoms with Crippen LogP contribution < -0.4 is 10.6 Å². The molecule has 0 saturated carbocycles. The van der Waals surface area contributed by atoms with E-state index in [0.29, 0.717) is 5.92 Å². The molecule has 2 nitrogen and oxygen atoms in total. The maximum atomic E-state index is 6.01. The molecule has 0 heterocycles. The highest BCUT2D eigenvalue weighted by Gasteiger charge is 2.10. The summed E-state index contributed by atoms with van der Waals surface area (Å²) in [5, 5.41) is 0. The first kappa shape index (κ1) is 11.1. The lowest BCUT2D eigenvalue weighted by molar-refractivity contribution is 0.493. The molecular formula is C12H20N2. The Morgan fingerprint density at radius 1 is 1.21 bits per heavy atom. The minimum Gasteiger partial charge on any atom is -0.373 e. The Morgan fingerprint density at radius 2 is 1.79 bits per heavy atom. The second-order valence-corrected chi connectivity index (χ2v) is 4.12. The Labute approximate surface area is 86.7 Å². The summed E-state index contributed by atoms with van der Waals surface area (Å²) in [5.41, 5.74) is 7.24. The fourth-order valence-electron chi connectivity index (χ4n) is 1.31. The van der Waals surface area contributed by atoms with Crippen molar-refractivity contribution < 1.29 is 0 Å². The summed E-state index contributed by atoms with van der Waals surface area (Å²) in [4.78, 5) is 2.20. The molecule has 0 unspecified atom stereocenters. The van der Waals surface area contributed by atoms with Gasteiger partial charge in [0.25, 0.3) is 0 Å². The van der Waals surface area contributed by atoms with Crippen LogP contribution in [0.2, 0.25) is 0 Å². The highest BCUT2D eigenvalue weighted by molar-refractivity contribution is 5.45. The van der Waals surface area contributed by atoms with E-state index in [0.717, 1.165) is 6.54 Å². The molecule has 0 radical (unpaired) electrons. The predicted octanol–water partition coefficient (Wildman–Crippen LogP) is 2.11. The average molecular weight is 192 g/mol. The second kappa shape index (κ2) is 5.01. The molecule has 0 fully saturated rings. The van der Waals surface area contributed by atoms with Crippen molar-refractivity contribution in [3.05, 3.63) is 30.3 Å². The zero-order chi connectivity index (χ0) is 10.6. The van der Waals surface area contributed by atoms with Gasteiger partial charge in [0, 0.05) is 25.3 Å². The van der Waals surface area contributed by atoms with Gasteiger partial charge in [0.2, 0.25) is 0 Å². The van der Waals surface area contributed by atoms with Crippen LogP contribution in [0.3, 0.4) is 0 Å². The summed E-state index contributed by atoms with van der Waals surface area (Å²) in [5.74, 6) is 0.529. The van der Waals surface area contributed by atoms with Gasteiger partial charge in [0.15, 0.2) is 0 Å². The van der Waals surface area contributed by atoms with Crippen molar-refractivity contribution in [3.8, 4) is 0 Å². The molecule has 0 spiro atoms. The summed E-state index contributed by atoms with van der Waals surface area (Å²) < 4.78 is 0. The molecule has 0 amide bonds. The van der Waals surface area contributed by atoms with Gasteiger partial charge in [-0.2, -0.15) is 0 Å². The summed E-state index contributed by atoms with van der Waals surface area (Å²) >= 11 is 0.